The standard InChI is InChI=1S/C24H20N2O4S/c1-16-19(15-25)23(31-22(16)24(29)30-2)26(20(27)13-17-9-5-3-6-10-17)21(28)14-18-11-7-4-8-12-18/h3-12H,13-14H2,1-2H3. The maximum atomic E-state index is 13.3. The molecule has 0 aliphatic rings. The lowest BCUT2D eigenvalue weighted by atomic mass is 10.1. The van der Waals surface area contributed by atoms with E-state index in [4.69, 9.17) is 4.74 Å². The van der Waals surface area contributed by atoms with E-state index in [0.717, 1.165) is 27.4 Å². The fourth-order valence-electron chi connectivity index (χ4n) is 3.14. The Labute approximate surface area is 184 Å². The van der Waals surface area contributed by atoms with Crippen molar-refractivity contribution in [2.75, 3.05) is 12.0 Å². The SMILES string of the molecule is COC(=O)c1sc(N(C(=O)Cc2ccccc2)C(=O)Cc2ccccc2)c(C#N)c1C. The number of esters is 1. The molecular weight excluding hydrogens is 412 g/mol. The van der Waals surface area contributed by atoms with Gasteiger partial charge in [-0.15, -0.1) is 11.3 Å². The third-order valence-corrected chi connectivity index (χ3v) is 5.97. The molecule has 2 amide bonds. The molecule has 0 atom stereocenters. The number of nitriles is 1. The number of methoxy groups -OCH3 is 1. The normalized spacial score (nSPS) is 10.2. The summed E-state index contributed by atoms with van der Waals surface area (Å²) >= 11 is 0.916. The molecule has 0 N–H and O–H groups in total. The van der Waals surface area contributed by atoms with Crippen LogP contribution in [-0.2, 0) is 27.2 Å². The van der Waals surface area contributed by atoms with Crippen LogP contribution in [0.4, 0.5) is 5.00 Å². The van der Waals surface area contributed by atoms with Gasteiger partial charge in [0.15, 0.2) is 0 Å². The van der Waals surface area contributed by atoms with Crippen LogP contribution in [0.15, 0.2) is 60.7 Å². The van der Waals surface area contributed by atoms with E-state index < -0.39 is 17.8 Å². The van der Waals surface area contributed by atoms with Crippen molar-refractivity contribution in [3.63, 3.8) is 0 Å². The third-order valence-electron chi connectivity index (χ3n) is 4.71. The van der Waals surface area contributed by atoms with Crippen LogP contribution in [-0.4, -0.2) is 24.9 Å². The van der Waals surface area contributed by atoms with Gasteiger partial charge in [-0.1, -0.05) is 60.7 Å². The van der Waals surface area contributed by atoms with Gasteiger partial charge in [-0.05, 0) is 23.6 Å². The van der Waals surface area contributed by atoms with Crippen molar-refractivity contribution in [3.05, 3.63) is 87.8 Å². The van der Waals surface area contributed by atoms with Crippen LogP contribution in [0.3, 0.4) is 0 Å². The van der Waals surface area contributed by atoms with Crippen LogP contribution >= 0.6 is 11.3 Å². The van der Waals surface area contributed by atoms with Crippen molar-refractivity contribution in [3.8, 4) is 6.07 Å². The third kappa shape index (κ3) is 4.87. The predicted octanol–water partition coefficient (Wildman–Crippen LogP) is 4.06. The molecule has 0 aliphatic heterocycles. The molecule has 6 nitrogen and oxygen atoms in total. The zero-order valence-electron chi connectivity index (χ0n) is 17.1. The molecule has 1 aromatic heterocycles. The van der Waals surface area contributed by atoms with Gasteiger partial charge in [-0.2, -0.15) is 5.26 Å². The summed E-state index contributed by atoms with van der Waals surface area (Å²) in [6.07, 6.45) is -0.0342. The highest BCUT2D eigenvalue weighted by molar-refractivity contribution is 7.18. The van der Waals surface area contributed by atoms with Gasteiger partial charge in [0.1, 0.15) is 15.9 Å². The number of hydrogen-bond acceptors (Lipinski definition) is 6. The van der Waals surface area contributed by atoms with Gasteiger partial charge in [-0.3, -0.25) is 9.59 Å². The van der Waals surface area contributed by atoms with Crippen LogP contribution in [0.5, 0.6) is 0 Å². The number of thiophene rings is 1. The molecule has 7 heteroatoms. The van der Waals surface area contributed by atoms with Crippen molar-refractivity contribution >= 4 is 34.1 Å². The van der Waals surface area contributed by atoms with E-state index >= 15 is 0 Å². The summed E-state index contributed by atoms with van der Waals surface area (Å²) in [5.41, 5.74) is 1.99. The minimum Gasteiger partial charge on any atom is -0.465 e. The highest BCUT2D eigenvalue weighted by atomic mass is 32.1. The van der Waals surface area contributed by atoms with E-state index in [2.05, 4.69) is 0 Å². The number of anilines is 1. The average Bonchev–Trinajstić information content (AvgIpc) is 3.10. The zero-order valence-corrected chi connectivity index (χ0v) is 17.9. The maximum Gasteiger partial charge on any atom is 0.348 e. The monoisotopic (exact) mass is 432 g/mol. The Balaban J connectivity index is 2.05. The van der Waals surface area contributed by atoms with Crippen LogP contribution < -0.4 is 4.90 Å². The van der Waals surface area contributed by atoms with Gasteiger partial charge >= 0.3 is 5.97 Å². The first-order valence-corrected chi connectivity index (χ1v) is 10.3. The second-order valence-corrected chi connectivity index (χ2v) is 7.79. The van der Waals surface area contributed by atoms with Gasteiger partial charge in [0.05, 0.1) is 25.5 Å². The molecule has 0 saturated heterocycles. The van der Waals surface area contributed by atoms with Crippen LogP contribution in [0, 0.1) is 18.3 Å². The second-order valence-electron chi connectivity index (χ2n) is 6.79. The molecule has 0 aliphatic carbocycles. The minimum absolute atomic E-state index is 0.0171. The Hall–Kier alpha value is -3.76. The molecule has 0 saturated carbocycles. The topological polar surface area (TPSA) is 87.5 Å². The average molecular weight is 433 g/mol. The van der Waals surface area contributed by atoms with E-state index in [0.29, 0.717) is 5.56 Å². The van der Waals surface area contributed by atoms with E-state index in [1.54, 1.807) is 31.2 Å². The lowest BCUT2D eigenvalue weighted by molar-refractivity contribution is -0.125. The first-order valence-electron chi connectivity index (χ1n) is 9.51. The summed E-state index contributed by atoms with van der Waals surface area (Å²) < 4.78 is 4.80. The summed E-state index contributed by atoms with van der Waals surface area (Å²) in [6, 6.07) is 20.1. The Bertz CT molecular complexity index is 1090. The molecule has 1 heterocycles. The lowest BCUT2D eigenvalue weighted by Crippen LogP contribution is -2.39. The highest BCUT2D eigenvalue weighted by Gasteiger charge is 2.31. The number of carbonyl (C=O) groups excluding carboxylic acids is 3. The highest BCUT2D eigenvalue weighted by Crippen LogP contribution is 2.36. The van der Waals surface area contributed by atoms with Crippen molar-refractivity contribution < 1.29 is 19.1 Å². The quantitative estimate of drug-likeness (QED) is 0.548. The molecule has 0 fully saturated rings. The van der Waals surface area contributed by atoms with Crippen molar-refractivity contribution in [1.82, 2.24) is 0 Å². The number of benzene rings is 2. The summed E-state index contributed by atoms with van der Waals surface area (Å²) in [7, 11) is 1.24. The second kappa shape index (κ2) is 9.83. The number of ether oxygens (including phenoxy) is 1. The number of amides is 2. The molecule has 2 aromatic carbocycles. The smallest absolute Gasteiger partial charge is 0.348 e. The van der Waals surface area contributed by atoms with Gasteiger partial charge in [0, 0.05) is 0 Å². The number of nitrogens with zero attached hydrogens (tertiary/aromatic N) is 2. The molecule has 3 rings (SSSR count). The fourth-order valence-corrected chi connectivity index (χ4v) is 4.35. The molecule has 0 bridgehead atoms. The van der Waals surface area contributed by atoms with Gasteiger partial charge in [-0.25, -0.2) is 9.69 Å². The van der Waals surface area contributed by atoms with E-state index in [-0.39, 0.29) is 28.3 Å². The van der Waals surface area contributed by atoms with Gasteiger partial charge < -0.3 is 4.74 Å². The van der Waals surface area contributed by atoms with Crippen molar-refractivity contribution in [2.45, 2.75) is 19.8 Å². The first-order chi connectivity index (χ1) is 15.0. The molecule has 0 unspecified atom stereocenters. The van der Waals surface area contributed by atoms with E-state index in [1.165, 1.54) is 7.11 Å². The number of hydrogen-bond donors (Lipinski definition) is 0. The van der Waals surface area contributed by atoms with Gasteiger partial charge in [0.2, 0.25) is 11.8 Å². The Kier molecular flexibility index (Phi) is 6.96. The zero-order chi connectivity index (χ0) is 22.4. The first kappa shape index (κ1) is 21.9. The number of carbonyl (C=O) groups is 3. The largest absolute Gasteiger partial charge is 0.465 e. The van der Waals surface area contributed by atoms with E-state index in [1.807, 2.05) is 42.5 Å². The number of imide groups is 1. The molecule has 3 aromatic rings. The van der Waals surface area contributed by atoms with E-state index in [9.17, 15) is 19.6 Å². The molecule has 31 heavy (non-hydrogen) atoms. The molecule has 156 valence electrons. The van der Waals surface area contributed by atoms with Gasteiger partial charge in [0.25, 0.3) is 0 Å². The molecular formula is C24H20N2O4S. The van der Waals surface area contributed by atoms with Crippen molar-refractivity contribution in [2.24, 2.45) is 0 Å². The Morgan fingerprint density at radius 2 is 1.42 bits per heavy atom. The summed E-state index contributed by atoms with van der Waals surface area (Å²) in [6.45, 7) is 1.60. The Morgan fingerprint density at radius 3 is 1.84 bits per heavy atom. The van der Waals surface area contributed by atoms with Crippen LogP contribution in [0.1, 0.15) is 31.9 Å². The fraction of sp³-hybridized carbons (Fsp3) is 0.167. The minimum atomic E-state index is -0.615. The van der Waals surface area contributed by atoms with Crippen LogP contribution in [0.2, 0.25) is 0 Å². The maximum absolute atomic E-state index is 13.3. The Morgan fingerprint density at radius 1 is 0.935 bits per heavy atom. The van der Waals surface area contributed by atoms with Crippen molar-refractivity contribution in [1.29, 1.82) is 5.26 Å². The molecule has 0 spiro atoms. The van der Waals surface area contributed by atoms with Crippen LogP contribution in [0.25, 0.3) is 0 Å². The lowest BCUT2D eigenvalue weighted by Gasteiger charge is -2.20. The summed E-state index contributed by atoms with van der Waals surface area (Å²) in [4.78, 5) is 39.9. The number of rotatable bonds is 6. The summed E-state index contributed by atoms with van der Waals surface area (Å²) in [5, 5.41) is 9.86. The molecule has 0 radical (unpaired) electrons. The predicted molar refractivity (Wildman–Crippen MR) is 118 cm³/mol. The summed E-state index contributed by atoms with van der Waals surface area (Å²) in [5.74, 6) is -1.56.